The SMILES string of the molecule is COc1cc(/C=C2\SC(Nc3ccccc3F)NC2=O)ccc1OCC#N. The van der Waals surface area contributed by atoms with E-state index in [1.165, 1.54) is 24.9 Å². The maximum atomic E-state index is 13.7. The summed E-state index contributed by atoms with van der Waals surface area (Å²) in [5, 5.41) is 14.3. The Morgan fingerprint density at radius 3 is 2.89 bits per heavy atom. The lowest BCUT2D eigenvalue weighted by Gasteiger charge is -2.13. The van der Waals surface area contributed by atoms with Gasteiger partial charge < -0.3 is 20.1 Å². The normalized spacial score (nSPS) is 17.3. The number of hydrogen-bond donors (Lipinski definition) is 2. The van der Waals surface area contributed by atoms with Crippen molar-refractivity contribution in [3.8, 4) is 17.6 Å². The Labute approximate surface area is 160 Å². The maximum absolute atomic E-state index is 13.7. The first kappa shape index (κ1) is 18.6. The fraction of sp³-hybridized carbons (Fsp3) is 0.158. The molecule has 138 valence electrons. The molecule has 1 aliphatic rings. The lowest BCUT2D eigenvalue weighted by molar-refractivity contribution is -0.116. The summed E-state index contributed by atoms with van der Waals surface area (Å²) < 4.78 is 24.3. The number of halogens is 1. The third-order valence-corrected chi connectivity index (χ3v) is 4.70. The van der Waals surface area contributed by atoms with Crippen LogP contribution in [0.2, 0.25) is 0 Å². The molecule has 0 bridgehead atoms. The van der Waals surface area contributed by atoms with Gasteiger partial charge in [-0.2, -0.15) is 5.26 Å². The molecule has 27 heavy (non-hydrogen) atoms. The number of nitrogens with zero attached hydrogens (tertiary/aromatic N) is 1. The minimum atomic E-state index is -0.471. The summed E-state index contributed by atoms with van der Waals surface area (Å²) in [6.45, 7) is -0.0849. The largest absolute Gasteiger partial charge is 0.493 e. The zero-order valence-electron chi connectivity index (χ0n) is 14.4. The number of thioether (sulfide) groups is 1. The van der Waals surface area contributed by atoms with E-state index < -0.39 is 5.50 Å². The predicted octanol–water partition coefficient (Wildman–Crippen LogP) is 3.34. The van der Waals surface area contributed by atoms with Gasteiger partial charge in [0.1, 0.15) is 11.9 Å². The molecule has 2 N–H and O–H groups in total. The van der Waals surface area contributed by atoms with Crippen LogP contribution < -0.4 is 20.1 Å². The van der Waals surface area contributed by atoms with Gasteiger partial charge in [0.05, 0.1) is 17.7 Å². The minimum Gasteiger partial charge on any atom is -0.493 e. The highest BCUT2D eigenvalue weighted by Crippen LogP contribution is 2.33. The summed E-state index contributed by atoms with van der Waals surface area (Å²) in [5.74, 6) is 0.271. The molecular weight excluding hydrogens is 369 g/mol. The molecule has 1 unspecified atom stereocenters. The Bertz CT molecular complexity index is 927. The van der Waals surface area contributed by atoms with E-state index in [-0.39, 0.29) is 18.3 Å². The van der Waals surface area contributed by atoms with Gasteiger partial charge in [-0.1, -0.05) is 30.0 Å². The first-order valence-electron chi connectivity index (χ1n) is 7.99. The van der Waals surface area contributed by atoms with E-state index in [2.05, 4.69) is 10.6 Å². The van der Waals surface area contributed by atoms with Crippen molar-refractivity contribution in [2.75, 3.05) is 19.0 Å². The van der Waals surface area contributed by atoms with Gasteiger partial charge in [-0.05, 0) is 35.9 Å². The van der Waals surface area contributed by atoms with Crippen LogP contribution in [0.3, 0.4) is 0 Å². The van der Waals surface area contributed by atoms with Crippen molar-refractivity contribution in [3.63, 3.8) is 0 Å². The highest BCUT2D eigenvalue weighted by molar-refractivity contribution is 8.05. The highest BCUT2D eigenvalue weighted by Gasteiger charge is 2.27. The van der Waals surface area contributed by atoms with E-state index in [4.69, 9.17) is 14.7 Å². The van der Waals surface area contributed by atoms with Crippen molar-refractivity contribution in [2.24, 2.45) is 0 Å². The van der Waals surface area contributed by atoms with Gasteiger partial charge in [0.15, 0.2) is 23.6 Å². The van der Waals surface area contributed by atoms with Crippen LogP contribution in [0.25, 0.3) is 6.08 Å². The van der Waals surface area contributed by atoms with Crippen LogP contribution in [0, 0.1) is 17.1 Å². The van der Waals surface area contributed by atoms with Crippen molar-refractivity contribution in [1.29, 1.82) is 5.26 Å². The molecule has 2 aromatic rings. The number of carbonyl (C=O) groups is 1. The Hall–Kier alpha value is -3.18. The molecule has 6 nitrogen and oxygen atoms in total. The first-order valence-corrected chi connectivity index (χ1v) is 8.87. The number of nitriles is 1. The van der Waals surface area contributed by atoms with Crippen molar-refractivity contribution < 1.29 is 18.7 Å². The Morgan fingerprint density at radius 1 is 1.33 bits per heavy atom. The van der Waals surface area contributed by atoms with Crippen LogP contribution in [0.4, 0.5) is 10.1 Å². The van der Waals surface area contributed by atoms with Gasteiger partial charge in [0.2, 0.25) is 0 Å². The molecule has 8 heteroatoms. The fourth-order valence-electron chi connectivity index (χ4n) is 2.44. The molecule has 1 aliphatic heterocycles. The van der Waals surface area contributed by atoms with Crippen LogP contribution in [0.5, 0.6) is 11.5 Å². The fourth-order valence-corrected chi connectivity index (χ4v) is 3.42. The Balaban J connectivity index is 1.74. The summed E-state index contributed by atoms with van der Waals surface area (Å²) in [4.78, 5) is 12.7. The number of ether oxygens (including phenoxy) is 2. The molecule has 3 rings (SSSR count). The number of amides is 1. The summed E-state index contributed by atoms with van der Waals surface area (Å²) in [6.07, 6.45) is 1.71. The topological polar surface area (TPSA) is 83.4 Å². The number of carbonyl (C=O) groups excluding carboxylic acids is 1. The molecule has 1 fully saturated rings. The molecule has 0 radical (unpaired) electrons. The lowest BCUT2D eigenvalue weighted by atomic mass is 10.2. The van der Waals surface area contributed by atoms with Crippen molar-refractivity contribution >= 4 is 29.4 Å². The van der Waals surface area contributed by atoms with Crippen LogP contribution >= 0.6 is 11.8 Å². The van der Waals surface area contributed by atoms with E-state index in [0.29, 0.717) is 22.1 Å². The summed E-state index contributed by atoms with van der Waals surface area (Å²) >= 11 is 1.26. The van der Waals surface area contributed by atoms with E-state index in [0.717, 1.165) is 5.56 Å². The Morgan fingerprint density at radius 2 is 2.15 bits per heavy atom. The second kappa shape index (κ2) is 8.47. The molecular formula is C19H16FN3O3S. The number of hydrogen-bond acceptors (Lipinski definition) is 6. The second-order valence-electron chi connectivity index (χ2n) is 5.46. The number of anilines is 1. The molecule has 1 heterocycles. The number of para-hydroxylation sites is 1. The van der Waals surface area contributed by atoms with Crippen LogP contribution in [-0.2, 0) is 4.79 Å². The quantitative estimate of drug-likeness (QED) is 0.742. The van der Waals surface area contributed by atoms with Crippen molar-refractivity contribution in [2.45, 2.75) is 5.50 Å². The summed E-state index contributed by atoms with van der Waals surface area (Å²) in [5.41, 5.74) is 0.582. The molecule has 0 spiro atoms. The van der Waals surface area contributed by atoms with Gasteiger partial charge in [-0.25, -0.2) is 4.39 Å². The molecule has 0 aliphatic carbocycles. The van der Waals surface area contributed by atoms with Crippen molar-refractivity contribution in [1.82, 2.24) is 5.32 Å². The number of rotatable bonds is 6. The van der Waals surface area contributed by atoms with Gasteiger partial charge in [-0.3, -0.25) is 4.79 Å². The predicted molar refractivity (Wildman–Crippen MR) is 102 cm³/mol. The van der Waals surface area contributed by atoms with E-state index in [1.54, 1.807) is 42.5 Å². The smallest absolute Gasteiger partial charge is 0.260 e. The minimum absolute atomic E-state index is 0.0849. The van der Waals surface area contributed by atoms with Gasteiger partial charge in [0, 0.05) is 0 Å². The number of benzene rings is 2. The average Bonchev–Trinajstić information content (AvgIpc) is 3.01. The third-order valence-electron chi connectivity index (χ3n) is 3.67. The molecule has 1 saturated heterocycles. The van der Waals surface area contributed by atoms with Crippen LogP contribution in [0.1, 0.15) is 5.56 Å². The molecule has 1 atom stereocenters. The van der Waals surface area contributed by atoms with Crippen LogP contribution in [0.15, 0.2) is 47.4 Å². The maximum Gasteiger partial charge on any atom is 0.260 e. The number of methoxy groups -OCH3 is 1. The summed E-state index contributed by atoms with van der Waals surface area (Å²) in [6, 6.07) is 13.3. The highest BCUT2D eigenvalue weighted by atomic mass is 32.2. The zero-order chi connectivity index (χ0) is 19.2. The standard InChI is InChI=1S/C19H16FN3O3S/c1-25-16-10-12(6-7-15(16)26-9-8-21)11-17-18(24)23-19(27-17)22-14-5-3-2-4-13(14)20/h2-7,10-11,19,22H,9H2,1H3,(H,23,24)/b17-11-. The molecule has 2 aromatic carbocycles. The summed E-state index contributed by atoms with van der Waals surface area (Å²) in [7, 11) is 1.50. The monoisotopic (exact) mass is 385 g/mol. The van der Waals surface area contributed by atoms with Crippen molar-refractivity contribution in [3.05, 3.63) is 58.8 Å². The third kappa shape index (κ3) is 4.51. The lowest BCUT2D eigenvalue weighted by Crippen LogP contribution is -2.31. The van der Waals surface area contributed by atoms with Gasteiger partial charge in [-0.15, -0.1) is 0 Å². The van der Waals surface area contributed by atoms with E-state index >= 15 is 0 Å². The van der Waals surface area contributed by atoms with E-state index in [9.17, 15) is 9.18 Å². The Kier molecular flexibility index (Phi) is 5.84. The molecule has 0 aromatic heterocycles. The van der Waals surface area contributed by atoms with E-state index in [1.807, 2.05) is 6.07 Å². The average molecular weight is 385 g/mol. The van der Waals surface area contributed by atoms with Gasteiger partial charge in [0.25, 0.3) is 5.91 Å². The zero-order valence-corrected chi connectivity index (χ0v) is 15.2. The molecule has 1 amide bonds. The van der Waals surface area contributed by atoms with Gasteiger partial charge >= 0.3 is 0 Å². The van der Waals surface area contributed by atoms with Crippen LogP contribution in [-0.4, -0.2) is 25.1 Å². The number of nitrogens with one attached hydrogen (secondary N) is 2. The second-order valence-corrected chi connectivity index (χ2v) is 6.61. The molecule has 0 saturated carbocycles. The first-order chi connectivity index (χ1) is 13.1.